The second-order valence-electron chi connectivity index (χ2n) is 4.81. The zero-order valence-corrected chi connectivity index (χ0v) is 11.4. The molecule has 0 aromatic rings. The number of carbonyl (C=O) groups is 1. The van der Waals surface area contributed by atoms with Crippen LogP contribution in [-0.2, 0) is 14.3 Å². The van der Waals surface area contributed by atoms with E-state index in [-0.39, 0.29) is 12.0 Å². The van der Waals surface area contributed by atoms with Crippen LogP contribution in [0.3, 0.4) is 0 Å². The second kappa shape index (κ2) is 6.07. The molecular weight excluding hydrogens is 238 g/mol. The Hall–Kier alpha value is -0.260. The van der Waals surface area contributed by atoms with Crippen LogP contribution in [0.15, 0.2) is 0 Å². The first-order valence-corrected chi connectivity index (χ1v) is 7.53. The van der Waals surface area contributed by atoms with Crippen LogP contribution in [0.5, 0.6) is 0 Å². The van der Waals surface area contributed by atoms with Gasteiger partial charge in [-0.3, -0.25) is 4.79 Å². The number of thioether (sulfide) groups is 1. The summed E-state index contributed by atoms with van der Waals surface area (Å²) in [6.07, 6.45) is 3.28. The average Bonchev–Trinajstić information content (AvgIpc) is 2.87. The van der Waals surface area contributed by atoms with Crippen LogP contribution in [0.1, 0.15) is 6.42 Å². The third kappa shape index (κ3) is 2.95. The molecule has 98 valence electrons. The molecule has 0 aromatic carbocycles. The Kier molecular flexibility index (Phi) is 4.70. The van der Waals surface area contributed by atoms with E-state index in [1.807, 2.05) is 11.2 Å². The van der Waals surface area contributed by atoms with Crippen molar-refractivity contribution >= 4 is 17.7 Å². The van der Waals surface area contributed by atoms with Crippen molar-refractivity contribution in [2.75, 3.05) is 45.4 Å². The number of hydrogen-bond donors (Lipinski definition) is 0. The van der Waals surface area contributed by atoms with E-state index in [9.17, 15) is 4.79 Å². The maximum atomic E-state index is 11.8. The van der Waals surface area contributed by atoms with Crippen molar-refractivity contribution < 1.29 is 14.3 Å². The summed E-state index contributed by atoms with van der Waals surface area (Å²) in [7, 11) is 1.73. The molecule has 4 nitrogen and oxygen atoms in total. The Labute approximate surface area is 107 Å². The molecule has 0 spiro atoms. The fourth-order valence-corrected chi connectivity index (χ4v) is 3.21. The largest absolute Gasteiger partial charge is 0.385 e. The van der Waals surface area contributed by atoms with Crippen molar-refractivity contribution in [3.63, 3.8) is 0 Å². The third-order valence-corrected chi connectivity index (χ3v) is 4.29. The summed E-state index contributed by atoms with van der Waals surface area (Å²) < 4.78 is 10.9. The molecule has 1 amide bonds. The van der Waals surface area contributed by atoms with Crippen LogP contribution >= 0.6 is 11.8 Å². The first-order valence-electron chi connectivity index (χ1n) is 6.13. The van der Waals surface area contributed by atoms with E-state index in [2.05, 4.69) is 0 Å². The number of methoxy groups -OCH3 is 1. The molecule has 0 aliphatic carbocycles. The molecule has 3 atom stereocenters. The Morgan fingerprint density at radius 2 is 2.35 bits per heavy atom. The molecule has 2 saturated heterocycles. The van der Waals surface area contributed by atoms with Crippen molar-refractivity contribution in [1.29, 1.82) is 0 Å². The summed E-state index contributed by atoms with van der Waals surface area (Å²) in [5, 5.41) is 0. The van der Waals surface area contributed by atoms with Crippen molar-refractivity contribution in [3.05, 3.63) is 0 Å². The minimum atomic E-state index is 0.251. The predicted molar refractivity (Wildman–Crippen MR) is 68.2 cm³/mol. The first kappa shape index (κ1) is 13.2. The third-order valence-electron chi connectivity index (χ3n) is 3.75. The number of ether oxygens (including phenoxy) is 2. The quantitative estimate of drug-likeness (QED) is 0.734. The molecule has 17 heavy (non-hydrogen) atoms. The smallest absolute Gasteiger partial charge is 0.232 e. The first-order chi connectivity index (χ1) is 8.26. The molecule has 0 saturated carbocycles. The van der Waals surface area contributed by atoms with Gasteiger partial charge in [-0.2, -0.15) is 11.8 Å². The van der Waals surface area contributed by atoms with Gasteiger partial charge in [0.2, 0.25) is 5.91 Å². The molecule has 0 aromatic heterocycles. The number of likely N-dealkylation sites (tertiary alicyclic amines) is 1. The summed E-state index contributed by atoms with van der Waals surface area (Å²) in [5.41, 5.74) is 0. The highest BCUT2D eigenvalue weighted by atomic mass is 32.2. The molecule has 5 heteroatoms. The standard InChI is InChI=1S/C12H21NO3S/c1-15-4-3-9-7-16-11-6-13(5-10(9)11)12(14)8-17-2/h9-11H,3-8H2,1-2H3/t9-,10-,11-/m0/s1. The number of amides is 1. The SMILES string of the molecule is COCC[C@H]1CO[C@H]2CN(C(=O)CSC)C[C@@H]12. The van der Waals surface area contributed by atoms with Crippen molar-refractivity contribution in [3.8, 4) is 0 Å². The summed E-state index contributed by atoms with van der Waals surface area (Å²) in [6.45, 7) is 3.28. The Bertz CT molecular complexity index is 274. The van der Waals surface area contributed by atoms with Gasteiger partial charge in [-0.1, -0.05) is 0 Å². The van der Waals surface area contributed by atoms with Gasteiger partial charge in [0.1, 0.15) is 0 Å². The topological polar surface area (TPSA) is 38.8 Å². The van der Waals surface area contributed by atoms with Crippen molar-refractivity contribution in [2.45, 2.75) is 12.5 Å². The molecule has 2 aliphatic rings. The highest BCUT2D eigenvalue weighted by Crippen LogP contribution is 2.35. The molecular formula is C12H21NO3S. The van der Waals surface area contributed by atoms with E-state index >= 15 is 0 Å². The minimum absolute atomic E-state index is 0.251. The Balaban J connectivity index is 1.86. The molecule has 0 bridgehead atoms. The van der Waals surface area contributed by atoms with E-state index in [1.165, 1.54) is 0 Å². The lowest BCUT2D eigenvalue weighted by atomic mass is 9.91. The van der Waals surface area contributed by atoms with Crippen molar-refractivity contribution in [1.82, 2.24) is 4.90 Å². The number of fused-ring (bicyclic) bond motifs is 1. The normalized spacial score (nSPS) is 31.9. The maximum Gasteiger partial charge on any atom is 0.232 e. The lowest BCUT2D eigenvalue weighted by Gasteiger charge is -2.19. The monoisotopic (exact) mass is 259 g/mol. The fourth-order valence-electron chi connectivity index (χ4n) is 2.78. The van der Waals surface area contributed by atoms with E-state index < -0.39 is 0 Å². The van der Waals surface area contributed by atoms with Crippen molar-refractivity contribution in [2.24, 2.45) is 11.8 Å². The van der Waals surface area contributed by atoms with Gasteiger partial charge in [-0.15, -0.1) is 0 Å². The van der Waals surface area contributed by atoms with Gasteiger partial charge in [0.25, 0.3) is 0 Å². The lowest BCUT2D eigenvalue weighted by molar-refractivity contribution is -0.128. The van der Waals surface area contributed by atoms with Crippen LogP contribution in [0.2, 0.25) is 0 Å². The van der Waals surface area contributed by atoms with Gasteiger partial charge >= 0.3 is 0 Å². The van der Waals surface area contributed by atoms with E-state index in [4.69, 9.17) is 9.47 Å². The maximum absolute atomic E-state index is 11.8. The summed E-state index contributed by atoms with van der Waals surface area (Å²) >= 11 is 1.59. The van der Waals surface area contributed by atoms with Gasteiger partial charge in [0.15, 0.2) is 0 Å². The van der Waals surface area contributed by atoms with Crippen LogP contribution < -0.4 is 0 Å². The summed E-state index contributed by atoms with van der Waals surface area (Å²) in [6, 6.07) is 0. The zero-order valence-electron chi connectivity index (χ0n) is 10.6. The highest BCUT2D eigenvalue weighted by molar-refractivity contribution is 7.99. The number of carbonyl (C=O) groups excluding carboxylic acids is 1. The molecule has 0 unspecified atom stereocenters. The van der Waals surface area contributed by atoms with E-state index in [0.29, 0.717) is 17.6 Å². The number of rotatable bonds is 5. The molecule has 2 heterocycles. The molecule has 0 N–H and O–H groups in total. The van der Waals surface area contributed by atoms with Crippen LogP contribution in [0, 0.1) is 11.8 Å². The van der Waals surface area contributed by atoms with Gasteiger partial charge in [0.05, 0.1) is 18.5 Å². The molecule has 2 fully saturated rings. The lowest BCUT2D eigenvalue weighted by Crippen LogP contribution is -2.32. The summed E-state index contributed by atoms with van der Waals surface area (Å²) in [5.74, 6) is 1.92. The van der Waals surface area contributed by atoms with Gasteiger partial charge in [0, 0.05) is 32.7 Å². The number of hydrogen-bond acceptors (Lipinski definition) is 4. The highest BCUT2D eigenvalue weighted by Gasteiger charge is 2.44. The minimum Gasteiger partial charge on any atom is -0.385 e. The number of nitrogens with zero attached hydrogens (tertiary/aromatic N) is 1. The average molecular weight is 259 g/mol. The Morgan fingerprint density at radius 1 is 1.53 bits per heavy atom. The van der Waals surface area contributed by atoms with E-state index in [1.54, 1.807) is 18.9 Å². The second-order valence-corrected chi connectivity index (χ2v) is 5.67. The summed E-state index contributed by atoms with van der Waals surface area (Å²) in [4.78, 5) is 13.8. The van der Waals surface area contributed by atoms with Crippen LogP contribution in [0.4, 0.5) is 0 Å². The molecule has 2 rings (SSSR count). The molecule has 2 aliphatic heterocycles. The zero-order chi connectivity index (χ0) is 12.3. The van der Waals surface area contributed by atoms with Gasteiger partial charge in [-0.05, 0) is 18.6 Å². The Morgan fingerprint density at radius 3 is 3.06 bits per heavy atom. The van der Waals surface area contributed by atoms with Gasteiger partial charge in [-0.25, -0.2) is 0 Å². The van der Waals surface area contributed by atoms with Crippen LogP contribution in [-0.4, -0.2) is 62.3 Å². The van der Waals surface area contributed by atoms with Gasteiger partial charge < -0.3 is 14.4 Å². The van der Waals surface area contributed by atoms with Crippen LogP contribution in [0.25, 0.3) is 0 Å². The molecule has 0 radical (unpaired) electrons. The van der Waals surface area contributed by atoms with E-state index in [0.717, 1.165) is 32.7 Å². The predicted octanol–water partition coefficient (Wildman–Crippen LogP) is 0.859. The fraction of sp³-hybridized carbons (Fsp3) is 0.917.